The molecule has 1 aromatic carbocycles. The van der Waals surface area contributed by atoms with E-state index < -0.39 is 23.0 Å². The summed E-state index contributed by atoms with van der Waals surface area (Å²) in [5.74, 6) is -1.94. The summed E-state index contributed by atoms with van der Waals surface area (Å²) in [6.45, 7) is 0. The van der Waals surface area contributed by atoms with Gasteiger partial charge in [0.05, 0.1) is 16.1 Å². The molecule has 1 aliphatic carbocycles. The summed E-state index contributed by atoms with van der Waals surface area (Å²) in [6, 6.07) is 2.96. The first-order valence-corrected chi connectivity index (χ1v) is 5.93. The molecule has 1 aliphatic rings. The van der Waals surface area contributed by atoms with Crippen molar-refractivity contribution in [1.82, 2.24) is 0 Å². The van der Waals surface area contributed by atoms with Gasteiger partial charge in [0.1, 0.15) is 11.6 Å². The summed E-state index contributed by atoms with van der Waals surface area (Å²) in [6.07, 6.45) is 1.99. The van der Waals surface area contributed by atoms with Gasteiger partial charge >= 0.3 is 0 Å². The highest BCUT2D eigenvalue weighted by Crippen LogP contribution is 2.42. The van der Waals surface area contributed by atoms with E-state index in [1.54, 1.807) is 0 Å². The maximum absolute atomic E-state index is 13.4. The quantitative estimate of drug-likeness (QED) is 0.829. The van der Waals surface area contributed by atoms with E-state index >= 15 is 0 Å². The number of carbonyl (C=O) groups excluding carboxylic acids is 1. The molecule has 0 spiro atoms. The van der Waals surface area contributed by atoms with Crippen LogP contribution in [0, 0.1) is 17.0 Å². The average Bonchev–Trinajstić information content (AvgIpc) is 2.19. The van der Waals surface area contributed by atoms with Crippen LogP contribution in [0.1, 0.15) is 19.3 Å². The molecule has 2 rings (SSSR count). The molecule has 3 N–H and O–H groups in total. The molecule has 0 aromatic heterocycles. The van der Waals surface area contributed by atoms with Crippen LogP contribution in [0.3, 0.4) is 0 Å². The van der Waals surface area contributed by atoms with Gasteiger partial charge in [-0.05, 0) is 25.0 Å². The summed E-state index contributed by atoms with van der Waals surface area (Å²) in [5.41, 5.74) is 4.62. The number of carbonyl (C=O) groups is 1. The Morgan fingerprint density at radius 3 is 2.50 bits per heavy atom. The topological polar surface area (TPSA) is 55.1 Å². The van der Waals surface area contributed by atoms with Crippen molar-refractivity contribution in [3.05, 3.63) is 29.8 Å². The number of anilines is 1. The Kier molecular flexibility index (Phi) is 3.30. The number of hydrogen-bond acceptors (Lipinski definition) is 2. The smallest absolute Gasteiger partial charge is 0.237 e. The van der Waals surface area contributed by atoms with Gasteiger partial charge in [-0.3, -0.25) is 4.79 Å². The third-order valence-electron chi connectivity index (χ3n) is 3.29. The molecule has 18 heavy (non-hydrogen) atoms. The van der Waals surface area contributed by atoms with Crippen molar-refractivity contribution in [3.8, 4) is 0 Å². The Hall–Kier alpha value is -1.56. The van der Waals surface area contributed by atoms with Crippen LogP contribution in [0.15, 0.2) is 18.2 Å². The average molecular weight is 270 g/mol. The highest BCUT2D eigenvalue weighted by Gasteiger charge is 2.47. The van der Waals surface area contributed by atoms with Crippen molar-refractivity contribution >= 4 is 28.8 Å². The Labute approximate surface area is 108 Å². The molecule has 0 saturated heterocycles. The summed E-state index contributed by atoms with van der Waals surface area (Å²) in [7, 11) is 0. The van der Waals surface area contributed by atoms with E-state index in [0.29, 0.717) is 18.9 Å². The lowest BCUT2D eigenvalue weighted by atomic mass is 9.68. The van der Waals surface area contributed by atoms with Gasteiger partial charge < -0.3 is 11.1 Å². The number of benzene rings is 1. The normalized spacial score (nSPS) is 16.8. The van der Waals surface area contributed by atoms with Crippen LogP contribution in [0.2, 0.25) is 0 Å². The minimum Gasteiger partial charge on any atom is -0.392 e. The van der Waals surface area contributed by atoms with E-state index in [9.17, 15) is 13.6 Å². The van der Waals surface area contributed by atoms with Crippen LogP contribution in [-0.4, -0.2) is 10.9 Å². The van der Waals surface area contributed by atoms with Crippen LogP contribution >= 0.6 is 12.2 Å². The molecule has 1 saturated carbocycles. The number of rotatable bonds is 3. The Bertz CT molecular complexity index is 515. The molecule has 6 heteroatoms. The zero-order valence-corrected chi connectivity index (χ0v) is 10.3. The lowest BCUT2D eigenvalue weighted by molar-refractivity contribution is -0.125. The summed E-state index contributed by atoms with van der Waals surface area (Å²) < 4.78 is 26.1. The summed E-state index contributed by atoms with van der Waals surface area (Å²) in [4.78, 5) is 12.2. The molecule has 96 valence electrons. The second-order valence-electron chi connectivity index (χ2n) is 4.38. The van der Waals surface area contributed by atoms with E-state index in [-0.39, 0.29) is 10.7 Å². The number of thiocarbonyl (C=S) groups is 1. The van der Waals surface area contributed by atoms with E-state index in [4.69, 9.17) is 18.0 Å². The Morgan fingerprint density at radius 1 is 1.39 bits per heavy atom. The molecule has 0 radical (unpaired) electrons. The fourth-order valence-electron chi connectivity index (χ4n) is 1.95. The molecular weight excluding hydrogens is 258 g/mol. The second kappa shape index (κ2) is 4.61. The van der Waals surface area contributed by atoms with Gasteiger partial charge in [-0.25, -0.2) is 8.78 Å². The van der Waals surface area contributed by atoms with Crippen LogP contribution in [0.4, 0.5) is 14.5 Å². The van der Waals surface area contributed by atoms with Gasteiger partial charge in [0, 0.05) is 6.07 Å². The standard InChI is InChI=1S/C12H12F2N2OS/c13-7-2-3-9(8(14)6-7)16-11(17)12(10(15)18)4-1-5-12/h2-3,6H,1,4-5H2,(H2,15,18)(H,16,17). The monoisotopic (exact) mass is 270 g/mol. The first kappa shape index (κ1) is 12.9. The Balaban J connectivity index is 2.19. The molecule has 0 atom stereocenters. The van der Waals surface area contributed by atoms with Crippen LogP contribution in [0.25, 0.3) is 0 Å². The fourth-order valence-corrected chi connectivity index (χ4v) is 2.25. The first-order chi connectivity index (χ1) is 8.45. The summed E-state index contributed by atoms with van der Waals surface area (Å²) >= 11 is 4.89. The second-order valence-corrected chi connectivity index (χ2v) is 4.82. The first-order valence-electron chi connectivity index (χ1n) is 5.52. The van der Waals surface area contributed by atoms with Gasteiger partial charge in [0.2, 0.25) is 5.91 Å². The van der Waals surface area contributed by atoms with Crippen molar-refractivity contribution in [3.63, 3.8) is 0 Å². The number of nitrogens with one attached hydrogen (secondary N) is 1. The van der Waals surface area contributed by atoms with E-state index in [1.165, 1.54) is 6.07 Å². The predicted molar refractivity (Wildman–Crippen MR) is 68.1 cm³/mol. The molecule has 1 amide bonds. The van der Waals surface area contributed by atoms with Gasteiger partial charge in [-0.15, -0.1) is 0 Å². The van der Waals surface area contributed by atoms with E-state index in [1.807, 2.05) is 0 Å². The molecule has 1 fully saturated rings. The number of hydrogen-bond donors (Lipinski definition) is 2. The minimum atomic E-state index is -0.879. The SMILES string of the molecule is NC(=S)C1(C(=O)Nc2ccc(F)cc2F)CCC1. The van der Waals surface area contributed by atoms with E-state index in [0.717, 1.165) is 12.5 Å². The maximum Gasteiger partial charge on any atom is 0.237 e. The van der Waals surface area contributed by atoms with Gasteiger partial charge in [0.25, 0.3) is 0 Å². The highest BCUT2D eigenvalue weighted by atomic mass is 32.1. The molecule has 3 nitrogen and oxygen atoms in total. The molecule has 1 aromatic rings. The van der Waals surface area contributed by atoms with Crippen molar-refractivity contribution < 1.29 is 13.6 Å². The lowest BCUT2D eigenvalue weighted by Crippen LogP contribution is -2.50. The van der Waals surface area contributed by atoms with Crippen LogP contribution in [0.5, 0.6) is 0 Å². The summed E-state index contributed by atoms with van der Waals surface area (Å²) in [5, 5.41) is 2.41. The van der Waals surface area contributed by atoms with Crippen LogP contribution in [-0.2, 0) is 4.79 Å². The van der Waals surface area contributed by atoms with Crippen molar-refractivity contribution in [2.45, 2.75) is 19.3 Å². The zero-order valence-electron chi connectivity index (χ0n) is 9.50. The van der Waals surface area contributed by atoms with Gasteiger partial charge in [0.15, 0.2) is 0 Å². The number of amides is 1. The zero-order chi connectivity index (χ0) is 13.3. The predicted octanol–water partition coefficient (Wildman–Crippen LogP) is 2.36. The molecule has 0 unspecified atom stereocenters. The van der Waals surface area contributed by atoms with Crippen molar-refractivity contribution in [2.24, 2.45) is 11.1 Å². The maximum atomic E-state index is 13.4. The third kappa shape index (κ3) is 2.08. The highest BCUT2D eigenvalue weighted by molar-refractivity contribution is 7.80. The van der Waals surface area contributed by atoms with Crippen LogP contribution < -0.4 is 11.1 Å². The Morgan fingerprint density at radius 2 is 2.06 bits per heavy atom. The third-order valence-corrected chi connectivity index (χ3v) is 3.68. The fraction of sp³-hybridized carbons (Fsp3) is 0.333. The molecule has 0 aliphatic heterocycles. The molecular formula is C12H12F2N2OS. The largest absolute Gasteiger partial charge is 0.392 e. The lowest BCUT2D eigenvalue weighted by Gasteiger charge is -2.39. The van der Waals surface area contributed by atoms with Gasteiger partial charge in [-0.2, -0.15) is 0 Å². The number of nitrogens with two attached hydrogens (primary N) is 1. The van der Waals surface area contributed by atoms with Crippen molar-refractivity contribution in [2.75, 3.05) is 5.32 Å². The van der Waals surface area contributed by atoms with Gasteiger partial charge in [-0.1, -0.05) is 18.6 Å². The molecule has 0 heterocycles. The van der Waals surface area contributed by atoms with E-state index in [2.05, 4.69) is 5.32 Å². The molecule has 0 bridgehead atoms. The minimum absolute atomic E-state index is 0.0658. The van der Waals surface area contributed by atoms with Crippen molar-refractivity contribution in [1.29, 1.82) is 0 Å². The number of halogens is 2.